The summed E-state index contributed by atoms with van der Waals surface area (Å²) >= 11 is 0.749. The fraction of sp³-hybridized carbons (Fsp3) is 0.444. The lowest BCUT2D eigenvalue weighted by Crippen LogP contribution is -2.33. The molecular formula is C18H20F3NO3S. The van der Waals surface area contributed by atoms with Gasteiger partial charge in [0, 0.05) is 6.54 Å². The van der Waals surface area contributed by atoms with E-state index in [0.29, 0.717) is 6.54 Å². The molecule has 0 aliphatic carbocycles. The molecule has 0 aromatic heterocycles. The lowest BCUT2D eigenvalue weighted by molar-refractivity contribution is -0.138. The van der Waals surface area contributed by atoms with Crippen molar-refractivity contribution in [2.24, 2.45) is 5.92 Å². The molecule has 2 amide bonds. The van der Waals surface area contributed by atoms with Crippen LogP contribution in [0.2, 0.25) is 0 Å². The number of methoxy groups -OCH3 is 1. The van der Waals surface area contributed by atoms with Gasteiger partial charge in [0.1, 0.15) is 5.75 Å². The molecule has 8 heteroatoms. The van der Waals surface area contributed by atoms with Gasteiger partial charge in [-0.2, -0.15) is 13.2 Å². The van der Waals surface area contributed by atoms with Crippen LogP contribution < -0.4 is 4.74 Å². The van der Waals surface area contributed by atoms with Crippen LogP contribution in [0.4, 0.5) is 18.0 Å². The number of rotatable bonds is 6. The molecule has 0 unspecified atom stereocenters. The van der Waals surface area contributed by atoms with Gasteiger partial charge in [-0.1, -0.05) is 32.8 Å². The van der Waals surface area contributed by atoms with Gasteiger partial charge >= 0.3 is 6.18 Å². The minimum Gasteiger partial charge on any atom is -0.496 e. The minimum absolute atomic E-state index is 0.124. The lowest BCUT2D eigenvalue weighted by Gasteiger charge is -2.19. The van der Waals surface area contributed by atoms with Crippen molar-refractivity contribution in [1.82, 2.24) is 4.90 Å². The number of imide groups is 1. The molecule has 1 aromatic carbocycles. The molecule has 0 N–H and O–H groups in total. The maximum absolute atomic E-state index is 13.1. The van der Waals surface area contributed by atoms with Crippen molar-refractivity contribution in [3.05, 3.63) is 34.2 Å². The Morgan fingerprint density at radius 2 is 1.88 bits per heavy atom. The average molecular weight is 387 g/mol. The van der Waals surface area contributed by atoms with Crippen molar-refractivity contribution >= 4 is 29.0 Å². The van der Waals surface area contributed by atoms with E-state index in [1.807, 2.05) is 13.8 Å². The van der Waals surface area contributed by atoms with Crippen molar-refractivity contribution in [2.75, 3.05) is 13.7 Å². The largest absolute Gasteiger partial charge is 0.496 e. The average Bonchev–Trinajstić information content (AvgIpc) is 2.85. The summed E-state index contributed by atoms with van der Waals surface area (Å²) in [4.78, 5) is 25.9. The SMILES string of the molecule is CCC(CC)CN1C(=O)S/C(=C\c2ccc(OC)c(C(F)(F)F)c2)C1=O. The van der Waals surface area contributed by atoms with Gasteiger partial charge in [-0.3, -0.25) is 14.5 Å². The number of amides is 2. The number of nitrogens with zero attached hydrogens (tertiary/aromatic N) is 1. The van der Waals surface area contributed by atoms with Crippen LogP contribution in [0, 0.1) is 5.92 Å². The van der Waals surface area contributed by atoms with Crippen LogP contribution >= 0.6 is 11.8 Å². The van der Waals surface area contributed by atoms with Crippen LogP contribution in [0.3, 0.4) is 0 Å². The Bertz CT molecular complexity index is 727. The van der Waals surface area contributed by atoms with E-state index in [2.05, 4.69) is 0 Å². The highest BCUT2D eigenvalue weighted by Crippen LogP contribution is 2.38. The Labute approximate surface area is 154 Å². The first kappa shape index (κ1) is 20.4. The molecule has 1 heterocycles. The van der Waals surface area contributed by atoms with Crippen LogP contribution in [0.25, 0.3) is 6.08 Å². The second-order valence-electron chi connectivity index (χ2n) is 5.93. The van der Waals surface area contributed by atoms with Crippen molar-refractivity contribution in [3.8, 4) is 5.75 Å². The number of carbonyl (C=O) groups excluding carboxylic acids is 2. The summed E-state index contributed by atoms with van der Waals surface area (Å²) in [6.07, 6.45) is -1.59. The van der Waals surface area contributed by atoms with Gasteiger partial charge in [-0.15, -0.1) is 0 Å². The van der Waals surface area contributed by atoms with Gasteiger partial charge in [-0.25, -0.2) is 0 Å². The Morgan fingerprint density at radius 3 is 2.42 bits per heavy atom. The summed E-state index contributed by atoms with van der Waals surface area (Å²) in [5.74, 6) is -0.548. The zero-order valence-corrected chi connectivity index (χ0v) is 15.5. The maximum Gasteiger partial charge on any atom is 0.419 e. The number of carbonyl (C=O) groups is 2. The molecule has 1 fully saturated rings. The predicted molar refractivity (Wildman–Crippen MR) is 94.7 cm³/mol. The first-order chi connectivity index (χ1) is 12.2. The summed E-state index contributed by atoms with van der Waals surface area (Å²) in [6.45, 7) is 4.30. The predicted octanol–water partition coefficient (Wildman–Crippen LogP) is 5.19. The molecule has 26 heavy (non-hydrogen) atoms. The van der Waals surface area contributed by atoms with Crippen molar-refractivity contribution in [3.63, 3.8) is 0 Å². The molecule has 1 aromatic rings. The Kier molecular flexibility index (Phi) is 6.39. The first-order valence-corrected chi connectivity index (χ1v) is 9.03. The second-order valence-corrected chi connectivity index (χ2v) is 6.93. The minimum atomic E-state index is -4.58. The highest BCUT2D eigenvalue weighted by Gasteiger charge is 2.37. The molecule has 0 radical (unpaired) electrons. The molecule has 2 rings (SSSR count). The Hall–Kier alpha value is -1.96. The van der Waals surface area contributed by atoms with Crippen LogP contribution in [0.15, 0.2) is 23.1 Å². The van der Waals surface area contributed by atoms with Gasteiger partial charge in [0.05, 0.1) is 17.6 Å². The highest BCUT2D eigenvalue weighted by molar-refractivity contribution is 8.18. The molecule has 0 spiro atoms. The standard InChI is InChI=1S/C18H20F3NO3S/c1-4-11(5-2)10-22-16(23)15(26-17(22)24)9-12-6-7-14(25-3)13(8-12)18(19,20)21/h6-9,11H,4-5,10H2,1-3H3/b15-9-. The van der Waals surface area contributed by atoms with Crippen molar-refractivity contribution < 1.29 is 27.5 Å². The third kappa shape index (κ3) is 4.41. The van der Waals surface area contributed by atoms with Gasteiger partial charge in [0.2, 0.25) is 0 Å². The molecular weight excluding hydrogens is 367 g/mol. The lowest BCUT2D eigenvalue weighted by atomic mass is 10.0. The second kappa shape index (κ2) is 8.16. The normalized spacial score (nSPS) is 16.9. The molecule has 0 atom stereocenters. The monoisotopic (exact) mass is 387 g/mol. The van der Waals surface area contributed by atoms with Crippen LogP contribution in [0.5, 0.6) is 5.75 Å². The van der Waals surface area contributed by atoms with Gasteiger partial charge in [0.25, 0.3) is 11.1 Å². The number of ether oxygens (including phenoxy) is 1. The van der Waals surface area contributed by atoms with Crippen molar-refractivity contribution in [2.45, 2.75) is 32.9 Å². The molecule has 1 aliphatic rings. The fourth-order valence-electron chi connectivity index (χ4n) is 2.65. The van der Waals surface area contributed by atoms with Crippen LogP contribution in [-0.2, 0) is 11.0 Å². The fourth-order valence-corrected chi connectivity index (χ4v) is 3.50. The van der Waals surface area contributed by atoms with Gasteiger partial charge in [-0.05, 0) is 41.5 Å². The van der Waals surface area contributed by atoms with Crippen LogP contribution in [0.1, 0.15) is 37.8 Å². The maximum atomic E-state index is 13.1. The Balaban J connectivity index is 2.30. The van der Waals surface area contributed by atoms with Crippen molar-refractivity contribution in [1.29, 1.82) is 0 Å². The van der Waals surface area contributed by atoms with E-state index in [4.69, 9.17) is 4.74 Å². The Morgan fingerprint density at radius 1 is 1.23 bits per heavy atom. The van der Waals surface area contributed by atoms with E-state index in [1.54, 1.807) is 0 Å². The molecule has 1 saturated heterocycles. The molecule has 142 valence electrons. The van der Waals surface area contributed by atoms with E-state index in [-0.39, 0.29) is 22.1 Å². The third-order valence-corrected chi connectivity index (χ3v) is 5.20. The third-order valence-electron chi connectivity index (χ3n) is 4.30. The highest BCUT2D eigenvalue weighted by atomic mass is 32.2. The number of hydrogen-bond acceptors (Lipinski definition) is 4. The zero-order valence-electron chi connectivity index (χ0n) is 14.7. The van der Waals surface area contributed by atoms with Gasteiger partial charge in [0.15, 0.2) is 0 Å². The summed E-state index contributed by atoms with van der Waals surface area (Å²) in [5.41, 5.74) is -0.740. The molecule has 4 nitrogen and oxygen atoms in total. The molecule has 1 aliphatic heterocycles. The number of alkyl halides is 3. The quantitative estimate of drug-likeness (QED) is 0.631. The molecule has 0 saturated carbocycles. The van der Waals surface area contributed by atoms with Gasteiger partial charge < -0.3 is 4.74 Å². The zero-order chi connectivity index (χ0) is 19.5. The first-order valence-electron chi connectivity index (χ1n) is 8.21. The van der Waals surface area contributed by atoms with E-state index in [9.17, 15) is 22.8 Å². The van der Waals surface area contributed by atoms with E-state index >= 15 is 0 Å². The van der Waals surface area contributed by atoms with E-state index in [0.717, 1.165) is 37.8 Å². The number of thioether (sulfide) groups is 1. The smallest absolute Gasteiger partial charge is 0.419 e. The number of benzene rings is 1. The summed E-state index contributed by atoms with van der Waals surface area (Å²) in [5, 5.41) is -0.391. The summed E-state index contributed by atoms with van der Waals surface area (Å²) in [6, 6.07) is 3.53. The van der Waals surface area contributed by atoms with E-state index in [1.165, 1.54) is 23.1 Å². The topological polar surface area (TPSA) is 46.6 Å². The number of halogens is 3. The molecule has 0 bridgehead atoms. The summed E-state index contributed by atoms with van der Waals surface area (Å²) < 4.78 is 44.1. The summed E-state index contributed by atoms with van der Waals surface area (Å²) in [7, 11) is 1.16. The van der Waals surface area contributed by atoms with E-state index < -0.39 is 22.9 Å². The number of hydrogen-bond donors (Lipinski definition) is 0. The van der Waals surface area contributed by atoms with Crippen LogP contribution in [-0.4, -0.2) is 29.7 Å².